The smallest absolute Gasteiger partial charge is 0.276 e. The van der Waals surface area contributed by atoms with E-state index in [1.165, 1.54) is 22.9 Å². The van der Waals surface area contributed by atoms with Crippen LogP contribution in [0.15, 0.2) is 24.3 Å². The van der Waals surface area contributed by atoms with Crippen LogP contribution in [0.25, 0.3) is 0 Å². The van der Waals surface area contributed by atoms with Gasteiger partial charge in [0.05, 0.1) is 0 Å². The van der Waals surface area contributed by atoms with Crippen LogP contribution in [0.4, 0.5) is 18.9 Å². The predicted octanol–water partition coefficient (Wildman–Crippen LogP) is 3.15. The van der Waals surface area contributed by atoms with E-state index >= 15 is 0 Å². The monoisotopic (exact) mass is 281 g/mol. The normalized spacial score (nSPS) is 12.8. The van der Waals surface area contributed by atoms with Crippen molar-refractivity contribution in [3.8, 4) is 0 Å². The second-order valence-electron chi connectivity index (χ2n) is 4.35. The molecule has 0 spiro atoms. The maximum Gasteiger partial charge on any atom is 0.516 e. The molecular weight excluding hydrogens is 267 g/mol. The van der Waals surface area contributed by atoms with Crippen molar-refractivity contribution in [2.24, 2.45) is 5.92 Å². The SMILES string of the molecule is CC(C)Cc1cccc(NS(=O)(=O)C(F)(F)F)c1. The van der Waals surface area contributed by atoms with Crippen LogP contribution < -0.4 is 4.72 Å². The van der Waals surface area contributed by atoms with Crippen LogP contribution in [0.2, 0.25) is 0 Å². The maximum atomic E-state index is 12.2. The first kappa shape index (κ1) is 14.8. The molecule has 1 N–H and O–H groups in total. The van der Waals surface area contributed by atoms with E-state index in [0.29, 0.717) is 12.3 Å². The van der Waals surface area contributed by atoms with Crippen LogP contribution in [0, 0.1) is 5.92 Å². The summed E-state index contributed by atoms with van der Waals surface area (Å²) in [6.45, 7) is 3.93. The van der Waals surface area contributed by atoms with Gasteiger partial charge in [-0.15, -0.1) is 0 Å². The fourth-order valence-electron chi connectivity index (χ4n) is 1.45. The zero-order valence-electron chi connectivity index (χ0n) is 9.95. The van der Waals surface area contributed by atoms with Gasteiger partial charge in [0.1, 0.15) is 0 Å². The first-order valence-electron chi connectivity index (χ1n) is 5.30. The average Bonchev–Trinajstić information content (AvgIpc) is 2.14. The number of anilines is 1. The third-order valence-corrected chi connectivity index (χ3v) is 3.24. The van der Waals surface area contributed by atoms with Gasteiger partial charge in [-0.3, -0.25) is 4.72 Å². The van der Waals surface area contributed by atoms with E-state index in [2.05, 4.69) is 0 Å². The van der Waals surface area contributed by atoms with Gasteiger partial charge in [0.25, 0.3) is 0 Å². The molecule has 102 valence electrons. The lowest BCUT2D eigenvalue weighted by molar-refractivity contribution is -0.0429. The van der Waals surface area contributed by atoms with Crippen LogP contribution in [0.5, 0.6) is 0 Å². The van der Waals surface area contributed by atoms with Gasteiger partial charge in [0.15, 0.2) is 0 Å². The number of halogens is 3. The standard InChI is InChI=1S/C11H14F3NO2S/c1-8(2)6-9-4-3-5-10(7-9)15-18(16,17)11(12,13)14/h3-5,7-8,15H,6H2,1-2H3. The molecule has 7 heteroatoms. The van der Waals surface area contributed by atoms with Gasteiger partial charge in [0, 0.05) is 5.69 Å². The molecule has 1 aromatic rings. The molecule has 0 bridgehead atoms. The Morgan fingerprint density at radius 2 is 1.89 bits per heavy atom. The Kier molecular flexibility index (Phi) is 4.26. The molecular formula is C11H14F3NO2S. The number of sulfonamides is 1. The number of nitrogens with one attached hydrogen (secondary N) is 1. The fraction of sp³-hybridized carbons (Fsp3) is 0.455. The summed E-state index contributed by atoms with van der Waals surface area (Å²) in [6.07, 6.45) is 0.668. The van der Waals surface area contributed by atoms with Crippen molar-refractivity contribution in [2.45, 2.75) is 25.8 Å². The zero-order valence-corrected chi connectivity index (χ0v) is 10.8. The van der Waals surface area contributed by atoms with Gasteiger partial charge in [0.2, 0.25) is 0 Å². The highest BCUT2D eigenvalue weighted by molar-refractivity contribution is 7.93. The van der Waals surface area contributed by atoms with Gasteiger partial charge in [-0.1, -0.05) is 26.0 Å². The van der Waals surface area contributed by atoms with Crippen molar-refractivity contribution in [1.29, 1.82) is 0 Å². The molecule has 1 aromatic carbocycles. The highest BCUT2D eigenvalue weighted by Crippen LogP contribution is 2.25. The number of hydrogen-bond acceptors (Lipinski definition) is 2. The Balaban J connectivity index is 2.93. The van der Waals surface area contributed by atoms with Crippen molar-refractivity contribution in [2.75, 3.05) is 4.72 Å². The van der Waals surface area contributed by atoms with Crippen molar-refractivity contribution in [3.05, 3.63) is 29.8 Å². The third kappa shape index (κ3) is 3.90. The van der Waals surface area contributed by atoms with Gasteiger partial charge < -0.3 is 0 Å². The van der Waals surface area contributed by atoms with E-state index in [9.17, 15) is 21.6 Å². The highest BCUT2D eigenvalue weighted by atomic mass is 32.2. The van der Waals surface area contributed by atoms with Crippen molar-refractivity contribution in [3.63, 3.8) is 0 Å². The van der Waals surface area contributed by atoms with Crippen molar-refractivity contribution in [1.82, 2.24) is 0 Å². The summed E-state index contributed by atoms with van der Waals surface area (Å²) >= 11 is 0. The van der Waals surface area contributed by atoms with Crippen LogP contribution in [-0.2, 0) is 16.4 Å². The summed E-state index contributed by atoms with van der Waals surface area (Å²) in [7, 11) is -5.35. The Morgan fingerprint density at radius 1 is 1.28 bits per heavy atom. The molecule has 0 saturated carbocycles. The fourth-order valence-corrected chi connectivity index (χ4v) is 2.00. The topological polar surface area (TPSA) is 46.2 Å². The molecule has 0 radical (unpaired) electrons. The zero-order chi connectivity index (χ0) is 14.0. The molecule has 0 saturated heterocycles. The molecule has 18 heavy (non-hydrogen) atoms. The highest BCUT2D eigenvalue weighted by Gasteiger charge is 2.46. The number of hydrogen-bond donors (Lipinski definition) is 1. The molecule has 0 aliphatic rings. The summed E-state index contributed by atoms with van der Waals surface area (Å²) in [5.74, 6) is 0.333. The largest absolute Gasteiger partial charge is 0.516 e. The molecule has 0 aliphatic heterocycles. The molecule has 0 aromatic heterocycles. The van der Waals surface area contributed by atoms with Crippen LogP contribution in [0.3, 0.4) is 0 Å². The quantitative estimate of drug-likeness (QED) is 0.921. The molecule has 0 unspecified atom stereocenters. The Morgan fingerprint density at radius 3 is 2.39 bits per heavy atom. The van der Waals surface area contributed by atoms with Gasteiger partial charge in [-0.05, 0) is 30.0 Å². The van der Waals surface area contributed by atoms with E-state index in [1.54, 1.807) is 6.07 Å². The van der Waals surface area contributed by atoms with E-state index < -0.39 is 15.5 Å². The average molecular weight is 281 g/mol. The Hall–Kier alpha value is -1.24. The lowest BCUT2D eigenvalue weighted by Gasteiger charge is -2.12. The first-order chi connectivity index (χ1) is 8.12. The second kappa shape index (κ2) is 5.17. The van der Waals surface area contributed by atoms with Crippen molar-refractivity contribution >= 4 is 15.7 Å². The number of benzene rings is 1. The molecule has 0 fully saturated rings. The summed E-state index contributed by atoms with van der Waals surface area (Å²) < 4.78 is 59.9. The van der Waals surface area contributed by atoms with Gasteiger partial charge in [-0.25, -0.2) is 0 Å². The first-order valence-corrected chi connectivity index (χ1v) is 6.78. The van der Waals surface area contributed by atoms with Crippen LogP contribution in [-0.4, -0.2) is 13.9 Å². The number of rotatable bonds is 4. The molecule has 0 heterocycles. The summed E-state index contributed by atoms with van der Waals surface area (Å²) in [6, 6.07) is 5.95. The summed E-state index contributed by atoms with van der Waals surface area (Å²) in [5.41, 5.74) is -4.60. The Labute approximate surface area is 104 Å². The summed E-state index contributed by atoms with van der Waals surface area (Å²) in [4.78, 5) is 0. The Bertz CT molecular complexity index is 509. The molecule has 0 atom stereocenters. The van der Waals surface area contributed by atoms with E-state index in [1.807, 2.05) is 13.8 Å². The molecule has 1 rings (SSSR count). The van der Waals surface area contributed by atoms with Crippen LogP contribution in [0.1, 0.15) is 19.4 Å². The predicted molar refractivity (Wildman–Crippen MR) is 63.6 cm³/mol. The maximum absolute atomic E-state index is 12.2. The number of alkyl halides is 3. The van der Waals surface area contributed by atoms with Crippen molar-refractivity contribution < 1.29 is 21.6 Å². The van der Waals surface area contributed by atoms with Crippen LogP contribution >= 0.6 is 0 Å². The van der Waals surface area contributed by atoms with E-state index in [-0.39, 0.29) is 5.69 Å². The minimum Gasteiger partial charge on any atom is -0.276 e. The second-order valence-corrected chi connectivity index (χ2v) is 6.02. The van der Waals surface area contributed by atoms with Gasteiger partial charge >= 0.3 is 15.5 Å². The lowest BCUT2D eigenvalue weighted by Crippen LogP contribution is -2.29. The summed E-state index contributed by atoms with van der Waals surface area (Å²) in [5, 5.41) is 0. The third-order valence-electron chi connectivity index (χ3n) is 2.13. The lowest BCUT2D eigenvalue weighted by atomic mass is 10.0. The minimum atomic E-state index is -5.35. The molecule has 0 amide bonds. The van der Waals surface area contributed by atoms with E-state index in [4.69, 9.17) is 0 Å². The molecule has 3 nitrogen and oxygen atoms in total. The molecule has 0 aliphatic carbocycles. The minimum absolute atomic E-state index is 0.0783. The van der Waals surface area contributed by atoms with E-state index in [0.717, 1.165) is 5.56 Å². The van der Waals surface area contributed by atoms with Gasteiger partial charge in [-0.2, -0.15) is 21.6 Å².